The SMILES string of the molecule is COC(=O)CCC(=O)N1CCN(CC(=O)NC2CC2)CC1. The van der Waals surface area contributed by atoms with Crippen LogP contribution in [0.5, 0.6) is 0 Å². The number of nitrogens with one attached hydrogen (secondary N) is 1. The minimum atomic E-state index is -0.362. The van der Waals surface area contributed by atoms with Gasteiger partial charge in [-0.3, -0.25) is 19.3 Å². The van der Waals surface area contributed by atoms with Crippen LogP contribution in [0.3, 0.4) is 0 Å². The summed E-state index contributed by atoms with van der Waals surface area (Å²) in [6, 6.07) is 0.388. The first-order chi connectivity index (χ1) is 10.1. The van der Waals surface area contributed by atoms with Gasteiger partial charge in [0.05, 0.1) is 20.1 Å². The molecule has 1 aliphatic carbocycles. The second-order valence-electron chi connectivity index (χ2n) is 5.57. The minimum absolute atomic E-state index is 0.0255. The number of methoxy groups -OCH3 is 1. The van der Waals surface area contributed by atoms with E-state index in [0.29, 0.717) is 38.8 Å². The van der Waals surface area contributed by atoms with Crippen LogP contribution in [0, 0.1) is 0 Å². The van der Waals surface area contributed by atoms with E-state index in [1.165, 1.54) is 7.11 Å². The molecule has 1 saturated heterocycles. The van der Waals surface area contributed by atoms with Gasteiger partial charge in [0.15, 0.2) is 0 Å². The maximum absolute atomic E-state index is 11.9. The van der Waals surface area contributed by atoms with E-state index in [1.54, 1.807) is 4.90 Å². The molecule has 2 amide bonds. The molecule has 0 aromatic carbocycles. The first-order valence-electron chi connectivity index (χ1n) is 7.45. The van der Waals surface area contributed by atoms with Crippen LogP contribution in [-0.4, -0.2) is 73.5 Å². The van der Waals surface area contributed by atoms with Crippen molar-refractivity contribution in [2.24, 2.45) is 0 Å². The van der Waals surface area contributed by atoms with Gasteiger partial charge >= 0.3 is 5.97 Å². The fraction of sp³-hybridized carbons (Fsp3) is 0.786. The van der Waals surface area contributed by atoms with Crippen LogP contribution in [0.2, 0.25) is 0 Å². The van der Waals surface area contributed by atoms with Crippen molar-refractivity contribution in [1.29, 1.82) is 0 Å². The number of rotatable bonds is 6. The van der Waals surface area contributed by atoms with E-state index in [1.807, 2.05) is 0 Å². The molecule has 7 nitrogen and oxygen atoms in total. The van der Waals surface area contributed by atoms with Crippen molar-refractivity contribution in [2.75, 3.05) is 39.8 Å². The van der Waals surface area contributed by atoms with Crippen molar-refractivity contribution < 1.29 is 19.1 Å². The van der Waals surface area contributed by atoms with Gasteiger partial charge in [-0.05, 0) is 12.8 Å². The molecule has 21 heavy (non-hydrogen) atoms. The molecule has 2 rings (SSSR count). The first-order valence-corrected chi connectivity index (χ1v) is 7.45. The van der Waals surface area contributed by atoms with Crippen LogP contribution in [0.4, 0.5) is 0 Å². The monoisotopic (exact) mass is 297 g/mol. The van der Waals surface area contributed by atoms with E-state index in [-0.39, 0.29) is 30.6 Å². The number of hydrogen-bond acceptors (Lipinski definition) is 5. The topological polar surface area (TPSA) is 79.0 Å². The summed E-state index contributed by atoms with van der Waals surface area (Å²) in [6.45, 7) is 3.01. The molecule has 1 saturated carbocycles. The number of carbonyl (C=O) groups excluding carboxylic acids is 3. The van der Waals surface area contributed by atoms with Gasteiger partial charge in [0.1, 0.15) is 0 Å². The lowest BCUT2D eigenvalue weighted by molar-refractivity contribution is -0.144. The van der Waals surface area contributed by atoms with Crippen molar-refractivity contribution >= 4 is 17.8 Å². The minimum Gasteiger partial charge on any atom is -0.469 e. The third kappa shape index (κ3) is 5.34. The standard InChI is InChI=1S/C14H23N3O4/c1-21-14(20)5-4-13(19)17-8-6-16(7-9-17)10-12(18)15-11-2-3-11/h11H,2-10H2,1H3,(H,15,18). The Kier molecular flexibility index (Phi) is 5.55. The molecule has 0 aromatic rings. The van der Waals surface area contributed by atoms with E-state index in [0.717, 1.165) is 12.8 Å². The average Bonchev–Trinajstić information content (AvgIpc) is 3.28. The summed E-state index contributed by atoms with van der Waals surface area (Å²) in [7, 11) is 1.32. The molecular weight excluding hydrogens is 274 g/mol. The Balaban J connectivity index is 1.63. The summed E-state index contributed by atoms with van der Waals surface area (Å²) in [5.74, 6) is -0.316. The van der Waals surface area contributed by atoms with Crippen molar-refractivity contribution in [2.45, 2.75) is 31.7 Å². The highest BCUT2D eigenvalue weighted by atomic mass is 16.5. The van der Waals surface area contributed by atoms with Crippen molar-refractivity contribution in [3.05, 3.63) is 0 Å². The molecule has 7 heteroatoms. The molecule has 0 unspecified atom stereocenters. The average molecular weight is 297 g/mol. The van der Waals surface area contributed by atoms with E-state index >= 15 is 0 Å². The fourth-order valence-electron chi connectivity index (χ4n) is 2.33. The lowest BCUT2D eigenvalue weighted by atomic mass is 10.2. The van der Waals surface area contributed by atoms with Gasteiger partial charge in [-0.15, -0.1) is 0 Å². The Labute approximate surface area is 124 Å². The van der Waals surface area contributed by atoms with Crippen molar-refractivity contribution in [3.8, 4) is 0 Å². The van der Waals surface area contributed by atoms with Gasteiger partial charge in [-0.1, -0.05) is 0 Å². The maximum atomic E-state index is 11.9. The van der Waals surface area contributed by atoms with Crippen LogP contribution >= 0.6 is 0 Å². The Bertz CT molecular complexity index is 401. The lowest BCUT2D eigenvalue weighted by Crippen LogP contribution is -2.51. The summed E-state index contributed by atoms with van der Waals surface area (Å²) in [6.07, 6.45) is 2.50. The molecule has 2 aliphatic rings. The van der Waals surface area contributed by atoms with E-state index < -0.39 is 0 Å². The van der Waals surface area contributed by atoms with Crippen LogP contribution < -0.4 is 5.32 Å². The van der Waals surface area contributed by atoms with Gasteiger partial charge in [-0.2, -0.15) is 0 Å². The number of piperazine rings is 1. The van der Waals surface area contributed by atoms with Crippen LogP contribution in [-0.2, 0) is 19.1 Å². The fourth-order valence-corrected chi connectivity index (χ4v) is 2.33. The molecule has 0 aromatic heterocycles. The van der Waals surface area contributed by atoms with E-state index in [2.05, 4.69) is 15.0 Å². The molecular formula is C14H23N3O4. The lowest BCUT2D eigenvalue weighted by Gasteiger charge is -2.34. The maximum Gasteiger partial charge on any atom is 0.306 e. The predicted octanol–water partition coefficient (Wildman–Crippen LogP) is -0.638. The zero-order valence-electron chi connectivity index (χ0n) is 12.5. The molecule has 0 atom stereocenters. The van der Waals surface area contributed by atoms with Gasteiger partial charge in [0.25, 0.3) is 0 Å². The Hall–Kier alpha value is -1.63. The zero-order chi connectivity index (χ0) is 15.2. The first kappa shape index (κ1) is 15.8. The molecule has 2 fully saturated rings. The Morgan fingerprint density at radius 1 is 1.10 bits per heavy atom. The molecule has 0 bridgehead atoms. The van der Waals surface area contributed by atoms with Gasteiger partial charge < -0.3 is 15.0 Å². The summed E-state index contributed by atoms with van der Waals surface area (Å²) >= 11 is 0. The van der Waals surface area contributed by atoms with Gasteiger partial charge in [-0.25, -0.2) is 0 Å². The van der Waals surface area contributed by atoms with Crippen LogP contribution in [0.1, 0.15) is 25.7 Å². The highest BCUT2D eigenvalue weighted by Gasteiger charge is 2.26. The van der Waals surface area contributed by atoms with Crippen molar-refractivity contribution in [3.63, 3.8) is 0 Å². The highest BCUT2D eigenvalue weighted by molar-refractivity contribution is 5.81. The van der Waals surface area contributed by atoms with Crippen LogP contribution in [0.15, 0.2) is 0 Å². The van der Waals surface area contributed by atoms with Crippen molar-refractivity contribution in [1.82, 2.24) is 15.1 Å². The Morgan fingerprint density at radius 3 is 2.33 bits per heavy atom. The molecule has 1 N–H and O–H groups in total. The van der Waals surface area contributed by atoms with E-state index in [9.17, 15) is 14.4 Å². The number of carbonyl (C=O) groups is 3. The summed E-state index contributed by atoms with van der Waals surface area (Å²) < 4.78 is 4.52. The third-order valence-electron chi connectivity index (χ3n) is 3.81. The summed E-state index contributed by atoms with van der Waals surface area (Å²) in [4.78, 5) is 38.4. The Morgan fingerprint density at radius 2 is 1.76 bits per heavy atom. The third-order valence-corrected chi connectivity index (χ3v) is 3.81. The largest absolute Gasteiger partial charge is 0.469 e. The predicted molar refractivity (Wildman–Crippen MR) is 75.4 cm³/mol. The molecule has 118 valence electrons. The number of nitrogens with zero attached hydrogens (tertiary/aromatic N) is 2. The number of hydrogen-bond donors (Lipinski definition) is 1. The summed E-state index contributed by atoms with van der Waals surface area (Å²) in [5.41, 5.74) is 0. The quantitative estimate of drug-likeness (QED) is 0.660. The second-order valence-corrected chi connectivity index (χ2v) is 5.57. The smallest absolute Gasteiger partial charge is 0.306 e. The zero-order valence-corrected chi connectivity index (χ0v) is 12.5. The number of ether oxygens (including phenoxy) is 1. The second kappa shape index (κ2) is 7.40. The van der Waals surface area contributed by atoms with Crippen LogP contribution in [0.25, 0.3) is 0 Å². The van der Waals surface area contributed by atoms with E-state index in [4.69, 9.17) is 0 Å². The molecule has 0 spiro atoms. The number of amides is 2. The van der Waals surface area contributed by atoms with Gasteiger partial charge in [0, 0.05) is 38.6 Å². The molecule has 1 heterocycles. The van der Waals surface area contributed by atoms with Gasteiger partial charge in [0.2, 0.25) is 11.8 Å². The highest BCUT2D eigenvalue weighted by Crippen LogP contribution is 2.18. The molecule has 1 aliphatic heterocycles. The molecule has 0 radical (unpaired) electrons. The normalized spacial score (nSPS) is 19.2. The number of esters is 1. The summed E-state index contributed by atoms with van der Waals surface area (Å²) in [5, 5.41) is 2.96.